The van der Waals surface area contributed by atoms with E-state index in [1.807, 2.05) is 124 Å². The lowest BCUT2D eigenvalue weighted by molar-refractivity contribution is 0.293. The normalized spacial score (nSPS) is 10.8. The molecular weight excluding hydrogens is 756 g/mol. The molecule has 6 aromatic heterocycles. The second-order valence-electron chi connectivity index (χ2n) is 11.6. The largest absolute Gasteiger partial charge is 0.395 e. The van der Waals surface area contributed by atoms with Crippen LogP contribution < -0.4 is 20.9 Å². The highest BCUT2D eigenvalue weighted by molar-refractivity contribution is 7.17. The van der Waals surface area contributed by atoms with Gasteiger partial charge in [0.1, 0.15) is 45.6 Å². The van der Waals surface area contributed by atoms with Crippen LogP contribution in [-0.4, -0.2) is 88.6 Å². The summed E-state index contributed by atoms with van der Waals surface area (Å²) in [6.07, 6.45) is 7.37. The number of rotatable bonds is 13. The Morgan fingerprint density at radius 1 is 0.691 bits per heavy atom. The summed E-state index contributed by atoms with van der Waals surface area (Å²) in [5.41, 5.74) is 2.09. The molecule has 284 valence electrons. The number of benzene rings is 2. The summed E-state index contributed by atoms with van der Waals surface area (Å²) < 4.78 is 3.90. The summed E-state index contributed by atoms with van der Waals surface area (Å²) in [7, 11) is 0. The Hall–Kier alpha value is -5.49. The summed E-state index contributed by atoms with van der Waals surface area (Å²) in [6, 6.07) is 24.0. The maximum Gasteiger partial charge on any atom is 0.228 e. The fraction of sp³-hybridized carbons (Fsp3) is 0.211. The lowest BCUT2D eigenvalue weighted by Gasteiger charge is -2.20. The van der Waals surface area contributed by atoms with Crippen LogP contribution in [0.5, 0.6) is 0 Å². The van der Waals surface area contributed by atoms with E-state index in [9.17, 15) is 5.11 Å². The fourth-order valence-electron chi connectivity index (χ4n) is 5.28. The van der Waals surface area contributed by atoms with Crippen molar-refractivity contribution in [1.29, 1.82) is 0 Å². The van der Waals surface area contributed by atoms with Gasteiger partial charge in [-0.15, -0.1) is 22.7 Å². The molecule has 17 heteroatoms. The first-order valence-corrected chi connectivity index (χ1v) is 19.7. The zero-order valence-corrected chi connectivity index (χ0v) is 32.6. The van der Waals surface area contributed by atoms with Gasteiger partial charge in [-0.25, -0.2) is 19.9 Å². The first kappa shape index (κ1) is 39.2. The maximum atomic E-state index is 9.29. The first-order chi connectivity index (χ1) is 27.0. The molecule has 8 rings (SSSR count). The van der Waals surface area contributed by atoms with Gasteiger partial charge in [-0.05, 0) is 72.2 Å². The number of likely N-dealkylation sites (N-methyl/N-ethyl adjacent to an activating group) is 2. The molecule has 0 bridgehead atoms. The number of aliphatic hydroxyl groups excluding tert-OH is 2. The number of nitrogens with zero attached hydrogens (tertiary/aromatic N) is 9. The van der Waals surface area contributed by atoms with Crippen LogP contribution in [0.4, 0.5) is 29.2 Å². The number of hydrogen-bond acceptors (Lipinski definition) is 14. The van der Waals surface area contributed by atoms with Crippen molar-refractivity contribution in [3.63, 3.8) is 0 Å². The highest BCUT2D eigenvalue weighted by Crippen LogP contribution is 2.30. The molecular formula is C38H41ClN12O2S2. The molecule has 0 fully saturated rings. The minimum absolute atomic E-state index is 0.0594. The topological polar surface area (TPSA) is 167 Å². The van der Waals surface area contributed by atoms with E-state index in [0.717, 1.165) is 51.4 Å². The van der Waals surface area contributed by atoms with Crippen LogP contribution in [0.15, 0.2) is 109 Å². The average Bonchev–Trinajstić information content (AvgIpc) is 4.06. The number of halogens is 1. The van der Waals surface area contributed by atoms with Crippen LogP contribution in [0, 0.1) is 0 Å². The van der Waals surface area contributed by atoms with Crippen molar-refractivity contribution in [2.45, 2.75) is 13.8 Å². The van der Waals surface area contributed by atoms with Crippen molar-refractivity contribution in [2.75, 3.05) is 54.9 Å². The molecule has 6 heterocycles. The maximum absolute atomic E-state index is 9.29. The number of aliphatic hydroxyl groups is 2. The lowest BCUT2D eigenvalue weighted by atomic mass is 10.3. The third-order valence-corrected chi connectivity index (χ3v) is 9.73. The van der Waals surface area contributed by atoms with Crippen LogP contribution in [0.2, 0.25) is 5.28 Å². The number of hydrogen-bond donors (Lipinski definition) is 5. The molecule has 0 spiro atoms. The molecule has 8 aromatic rings. The van der Waals surface area contributed by atoms with Crippen molar-refractivity contribution >= 4 is 83.9 Å². The lowest BCUT2D eigenvalue weighted by Crippen LogP contribution is -2.28. The van der Waals surface area contributed by atoms with Crippen molar-refractivity contribution < 1.29 is 10.2 Å². The van der Waals surface area contributed by atoms with E-state index in [0.29, 0.717) is 35.8 Å². The number of para-hydroxylation sites is 2. The number of nitrogens with one attached hydrogen (secondary N) is 3. The Kier molecular flexibility index (Phi) is 14.1. The smallest absolute Gasteiger partial charge is 0.228 e. The summed E-state index contributed by atoms with van der Waals surface area (Å²) >= 11 is 9.06. The van der Waals surface area contributed by atoms with E-state index in [-0.39, 0.29) is 18.5 Å². The SMILES string of the molecule is CCN(CCO)c1nc(Nc2cn(-c3ccccc3)cn2)c2ccsc2n1.CCNCCO.Clc1nc(Nc2cn(-c3ccccc3)cn2)c2ccsc2n1. The van der Waals surface area contributed by atoms with Gasteiger partial charge < -0.3 is 40.2 Å². The van der Waals surface area contributed by atoms with Crippen molar-refractivity contribution in [2.24, 2.45) is 0 Å². The quantitative estimate of drug-likeness (QED) is 0.0585. The zero-order chi connectivity index (χ0) is 38.4. The van der Waals surface area contributed by atoms with Gasteiger partial charge in [-0.2, -0.15) is 9.97 Å². The predicted octanol–water partition coefficient (Wildman–Crippen LogP) is 7.30. The molecule has 14 nitrogen and oxygen atoms in total. The second kappa shape index (κ2) is 19.7. The minimum atomic E-state index is 0.0594. The van der Waals surface area contributed by atoms with Crippen LogP contribution in [-0.2, 0) is 0 Å². The average molecular weight is 797 g/mol. The van der Waals surface area contributed by atoms with Gasteiger partial charge in [0, 0.05) is 31.0 Å². The first-order valence-electron chi connectivity index (χ1n) is 17.6. The van der Waals surface area contributed by atoms with Gasteiger partial charge >= 0.3 is 0 Å². The second-order valence-corrected chi connectivity index (χ2v) is 13.8. The van der Waals surface area contributed by atoms with Gasteiger partial charge in [-0.3, -0.25) is 0 Å². The molecule has 0 radical (unpaired) electrons. The molecule has 0 unspecified atom stereocenters. The summed E-state index contributed by atoms with van der Waals surface area (Å²) in [6.45, 7) is 7.21. The Labute approximate surface area is 331 Å². The van der Waals surface area contributed by atoms with E-state index < -0.39 is 0 Å². The van der Waals surface area contributed by atoms with Crippen molar-refractivity contribution in [3.05, 3.63) is 114 Å². The van der Waals surface area contributed by atoms with E-state index in [2.05, 4.69) is 40.9 Å². The van der Waals surface area contributed by atoms with Gasteiger partial charge in [0.05, 0.1) is 36.4 Å². The molecule has 0 aliphatic carbocycles. The molecule has 0 atom stereocenters. The number of thiophene rings is 2. The Morgan fingerprint density at radius 2 is 1.24 bits per heavy atom. The number of imidazole rings is 2. The third kappa shape index (κ3) is 10.4. The molecule has 5 N–H and O–H groups in total. The molecule has 0 saturated heterocycles. The van der Waals surface area contributed by atoms with Crippen molar-refractivity contribution in [1.82, 2.24) is 44.4 Å². The molecule has 0 aliphatic rings. The van der Waals surface area contributed by atoms with Gasteiger partial charge in [-0.1, -0.05) is 43.3 Å². The predicted molar refractivity (Wildman–Crippen MR) is 224 cm³/mol. The monoisotopic (exact) mass is 796 g/mol. The summed E-state index contributed by atoms with van der Waals surface area (Å²) in [4.78, 5) is 30.3. The fourth-order valence-corrected chi connectivity index (χ4v) is 7.02. The zero-order valence-electron chi connectivity index (χ0n) is 30.2. The van der Waals surface area contributed by atoms with E-state index in [1.54, 1.807) is 24.0 Å². The highest BCUT2D eigenvalue weighted by atomic mass is 35.5. The summed E-state index contributed by atoms with van der Waals surface area (Å²) in [5, 5.41) is 33.0. The minimum Gasteiger partial charge on any atom is -0.395 e. The van der Waals surface area contributed by atoms with Crippen LogP contribution in [0.3, 0.4) is 0 Å². The Balaban J connectivity index is 0.000000166. The van der Waals surface area contributed by atoms with Crippen LogP contribution in [0.25, 0.3) is 31.8 Å². The van der Waals surface area contributed by atoms with Gasteiger partial charge in [0.25, 0.3) is 0 Å². The molecule has 55 heavy (non-hydrogen) atoms. The highest BCUT2D eigenvalue weighted by Gasteiger charge is 2.15. The van der Waals surface area contributed by atoms with Crippen molar-refractivity contribution in [3.8, 4) is 11.4 Å². The van der Waals surface area contributed by atoms with Gasteiger partial charge in [0.2, 0.25) is 11.2 Å². The number of fused-ring (bicyclic) bond motifs is 2. The summed E-state index contributed by atoms with van der Waals surface area (Å²) in [5.74, 6) is 3.39. The third-order valence-electron chi connectivity index (χ3n) is 7.95. The molecule has 0 amide bonds. The molecule has 0 saturated carbocycles. The standard InChI is InChI=1S/C19H20N6OS.C15H10ClN5S.C4H11NO/c1-2-24(9-10-26)19-22-17(15-8-11-27-18(15)23-19)21-16-12-25(13-20-16)14-6-4-3-5-7-14;16-15-19-13(11-6-7-22-14(11)20-15)18-12-8-21(9-17-12)10-4-2-1-3-5-10;1-2-5-3-4-6/h3-8,11-13,26H,2,9-10H2,1H3,(H,21,22,23);1-9H,(H,18,19,20);5-6H,2-4H2,1H3. The van der Waals surface area contributed by atoms with Gasteiger partial charge in [0.15, 0.2) is 0 Å². The molecule has 2 aromatic carbocycles. The van der Waals surface area contributed by atoms with E-state index in [1.165, 1.54) is 11.3 Å². The number of aromatic nitrogens is 8. The van der Waals surface area contributed by atoms with Crippen LogP contribution >= 0.6 is 34.3 Å². The molecule has 0 aliphatic heterocycles. The number of anilines is 5. The van der Waals surface area contributed by atoms with E-state index in [4.69, 9.17) is 21.7 Å². The van der Waals surface area contributed by atoms with Crippen LogP contribution in [0.1, 0.15) is 13.8 Å². The Bertz CT molecular complexity index is 2360. The van der Waals surface area contributed by atoms with E-state index >= 15 is 0 Å². The Morgan fingerprint density at radius 3 is 1.73 bits per heavy atom.